The summed E-state index contributed by atoms with van der Waals surface area (Å²) in [6, 6.07) is 3.27. The van der Waals surface area contributed by atoms with Crippen LogP contribution in [0.15, 0.2) is 18.2 Å². The minimum atomic E-state index is -0.977. The Morgan fingerprint density at radius 2 is 2.00 bits per heavy atom. The van der Waals surface area contributed by atoms with Gasteiger partial charge in [0.15, 0.2) is 17.4 Å². The van der Waals surface area contributed by atoms with Crippen molar-refractivity contribution in [3.8, 4) is 0 Å². The monoisotopic (exact) mass is 255 g/mol. The van der Waals surface area contributed by atoms with Gasteiger partial charge in [-0.15, -0.1) is 0 Å². The minimum Gasteiger partial charge on any atom is -0.330 e. The zero-order chi connectivity index (χ0) is 13.5. The van der Waals surface area contributed by atoms with Crippen molar-refractivity contribution >= 4 is 5.78 Å². The predicted molar refractivity (Wildman–Crippen MR) is 67.4 cm³/mol. The third-order valence-electron chi connectivity index (χ3n) is 3.17. The number of Topliss-reactive ketones (excluding diaryl/α,β-unsaturated/α-hetero) is 1. The maximum atomic E-state index is 13.0. The van der Waals surface area contributed by atoms with E-state index in [1.54, 1.807) is 0 Å². The van der Waals surface area contributed by atoms with Crippen molar-refractivity contribution in [1.82, 2.24) is 0 Å². The molecule has 0 aliphatic heterocycles. The van der Waals surface area contributed by atoms with Gasteiger partial charge in [-0.25, -0.2) is 8.78 Å². The lowest BCUT2D eigenvalue weighted by molar-refractivity contribution is 0.0972. The fraction of sp³-hybridized carbons (Fsp3) is 0.500. The number of hydrogen-bond donors (Lipinski definition) is 1. The zero-order valence-electron chi connectivity index (χ0n) is 10.6. The summed E-state index contributed by atoms with van der Waals surface area (Å²) < 4.78 is 25.7. The molecule has 0 heterocycles. The van der Waals surface area contributed by atoms with Crippen molar-refractivity contribution in [2.75, 3.05) is 6.54 Å². The minimum absolute atomic E-state index is 0.149. The van der Waals surface area contributed by atoms with Crippen LogP contribution in [0.2, 0.25) is 0 Å². The van der Waals surface area contributed by atoms with Crippen LogP contribution in [-0.2, 0) is 0 Å². The molecule has 0 saturated carbocycles. The maximum Gasteiger partial charge on any atom is 0.162 e. The van der Waals surface area contributed by atoms with Gasteiger partial charge in [-0.05, 0) is 43.5 Å². The molecule has 0 radical (unpaired) electrons. The van der Waals surface area contributed by atoms with Gasteiger partial charge < -0.3 is 5.73 Å². The van der Waals surface area contributed by atoms with Gasteiger partial charge in [0.2, 0.25) is 0 Å². The molecule has 0 bridgehead atoms. The number of rotatable bonds is 7. The molecule has 18 heavy (non-hydrogen) atoms. The largest absolute Gasteiger partial charge is 0.330 e. The topological polar surface area (TPSA) is 43.1 Å². The first kappa shape index (κ1) is 14.8. The predicted octanol–water partition coefficient (Wildman–Crippen LogP) is 3.30. The molecule has 1 atom stereocenters. The van der Waals surface area contributed by atoms with Gasteiger partial charge in [0, 0.05) is 12.0 Å². The van der Waals surface area contributed by atoms with Gasteiger partial charge in [-0.1, -0.05) is 13.3 Å². The summed E-state index contributed by atoms with van der Waals surface area (Å²) in [4.78, 5) is 11.8. The molecule has 4 heteroatoms. The van der Waals surface area contributed by atoms with Crippen LogP contribution in [-0.4, -0.2) is 12.3 Å². The molecule has 0 fully saturated rings. The zero-order valence-corrected chi connectivity index (χ0v) is 10.6. The van der Waals surface area contributed by atoms with Crippen LogP contribution in [0.1, 0.15) is 43.0 Å². The molecule has 2 nitrogen and oxygen atoms in total. The van der Waals surface area contributed by atoms with E-state index in [9.17, 15) is 13.6 Å². The van der Waals surface area contributed by atoms with Crippen LogP contribution in [0.4, 0.5) is 8.78 Å². The third-order valence-corrected chi connectivity index (χ3v) is 3.17. The molecule has 0 aliphatic carbocycles. The molecule has 0 spiro atoms. The van der Waals surface area contributed by atoms with Gasteiger partial charge in [0.25, 0.3) is 0 Å². The summed E-state index contributed by atoms with van der Waals surface area (Å²) in [5.41, 5.74) is 5.72. The van der Waals surface area contributed by atoms with E-state index < -0.39 is 11.6 Å². The van der Waals surface area contributed by atoms with E-state index >= 15 is 0 Å². The highest BCUT2D eigenvalue weighted by Crippen LogP contribution is 2.17. The molecule has 100 valence electrons. The van der Waals surface area contributed by atoms with E-state index in [0.29, 0.717) is 18.9 Å². The number of halogens is 2. The lowest BCUT2D eigenvalue weighted by atomic mass is 9.94. The number of ketones is 1. The fourth-order valence-electron chi connectivity index (χ4n) is 1.94. The molecular weight excluding hydrogens is 236 g/mol. The van der Waals surface area contributed by atoms with Crippen molar-refractivity contribution < 1.29 is 13.6 Å². The summed E-state index contributed by atoms with van der Waals surface area (Å²) in [5, 5.41) is 0. The summed E-state index contributed by atoms with van der Waals surface area (Å²) >= 11 is 0. The fourth-order valence-corrected chi connectivity index (χ4v) is 1.94. The Balaban J connectivity index is 2.57. The van der Waals surface area contributed by atoms with Crippen LogP contribution in [0, 0.1) is 17.6 Å². The van der Waals surface area contributed by atoms with Crippen molar-refractivity contribution in [2.45, 2.75) is 32.6 Å². The number of carbonyl (C=O) groups is 1. The second kappa shape index (κ2) is 7.21. The lowest BCUT2D eigenvalue weighted by Gasteiger charge is -2.12. The quantitative estimate of drug-likeness (QED) is 0.760. The summed E-state index contributed by atoms with van der Waals surface area (Å²) in [6.45, 7) is 2.67. The van der Waals surface area contributed by atoms with Crippen molar-refractivity contribution in [3.63, 3.8) is 0 Å². The lowest BCUT2D eigenvalue weighted by Crippen LogP contribution is -2.10. The first-order valence-electron chi connectivity index (χ1n) is 6.26. The van der Waals surface area contributed by atoms with Crippen molar-refractivity contribution in [3.05, 3.63) is 35.4 Å². The van der Waals surface area contributed by atoms with Crippen LogP contribution in [0.25, 0.3) is 0 Å². The van der Waals surface area contributed by atoms with Crippen LogP contribution in [0.5, 0.6) is 0 Å². The Hall–Kier alpha value is -1.29. The van der Waals surface area contributed by atoms with E-state index in [-0.39, 0.29) is 11.3 Å². The van der Waals surface area contributed by atoms with Gasteiger partial charge in [-0.3, -0.25) is 4.79 Å². The third kappa shape index (κ3) is 4.18. The SMILES string of the molecule is CCC(CCN)CCC(=O)c1ccc(F)c(F)c1. The number of carbonyl (C=O) groups excluding carboxylic acids is 1. The van der Waals surface area contributed by atoms with E-state index in [2.05, 4.69) is 6.92 Å². The molecule has 0 aliphatic rings. The number of nitrogens with two attached hydrogens (primary N) is 1. The van der Waals surface area contributed by atoms with Gasteiger partial charge in [0.1, 0.15) is 0 Å². The highest BCUT2D eigenvalue weighted by atomic mass is 19.2. The Morgan fingerprint density at radius 3 is 2.56 bits per heavy atom. The number of hydrogen-bond acceptors (Lipinski definition) is 2. The standard InChI is InChI=1S/C14H19F2NO/c1-2-10(7-8-17)3-6-14(18)11-4-5-12(15)13(16)9-11/h4-5,9-10H,2-3,6-8,17H2,1H3. The summed E-state index contributed by atoms with van der Waals surface area (Å²) in [5.74, 6) is -1.63. The molecule has 0 saturated heterocycles. The Labute approximate surface area is 106 Å². The van der Waals surface area contributed by atoms with E-state index in [1.165, 1.54) is 6.07 Å². The van der Waals surface area contributed by atoms with Crippen LogP contribution in [0.3, 0.4) is 0 Å². The highest BCUT2D eigenvalue weighted by Gasteiger charge is 2.12. The second-order valence-corrected chi connectivity index (χ2v) is 4.44. The van der Waals surface area contributed by atoms with Gasteiger partial charge in [0.05, 0.1) is 0 Å². The molecule has 1 rings (SSSR count). The number of benzene rings is 1. The normalized spacial score (nSPS) is 12.4. The molecule has 1 unspecified atom stereocenters. The van der Waals surface area contributed by atoms with Crippen LogP contribution < -0.4 is 5.73 Å². The van der Waals surface area contributed by atoms with Crippen molar-refractivity contribution in [2.24, 2.45) is 11.7 Å². The first-order valence-corrected chi connectivity index (χ1v) is 6.26. The Morgan fingerprint density at radius 1 is 1.28 bits per heavy atom. The summed E-state index contributed by atoms with van der Waals surface area (Å²) in [6.07, 6.45) is 2.96. The molecule has 0 aromatic heterocycles. The molecule has 1 aromatic rings. The van der Waals surface area contributed by atoms with E-state index in [0.717, 1.165) is 31.4 Å². The first-order chi connectivity index (χ1) is 8.58. The summed E-state index contributed by atoms with van der Waals surface area (Å²) in [7, 11) is 0. The van der Waals surface area contributed by atoms with E-state index in [1.807, 2.05) is 0 Å². The molecule has 1 aromatic carbocycles. The highest BCUT2D eigenvalue weighted by molar-refractivity contribution is 5.96. The van der Waals surface area contributed by atoms with Crippen molar-refractivity contribution in [1.29, 1.82) is 0 Å². The van der Waals surface area contributed by atoms with Gasteiger partial charge >= 0.3 is 0 Å². The second-order valence-electron chi connectivity index (χ2n) is 4.44. The average molecular weight is 255 g/mol. The average Bonchev–Trinajstić information content (AvgIpc) is 2.37. The Kier molecular flexibility index (Phi) is 5.92. The molecule has 2 N–H and O–H groups in total. The maximum absolute atomic E-state index is 13.0. The smallest absolute Gasteiger partial charge is 0.162 e. The van der Waals surface area contributed by atoms with Crippen LogP contribution >= 0.6 is 0 Å². The Bertz CT molecular complexity index is 407. The van der Waals surface area contributed by atoms with E-state index in [4.69, 9.17) is 5.73 Å². The van der Waals surface area contributed by atoms with Gasteiger partial charge in [-0.2, -0.15) is 0 Å². The molecular formula is C14H19F2NO. The molecule has 0 amide bonds.